The first-order valence-electron chi connectivity index (χ1n) is 3.07. The Morgan fingerprint density at radius 1 is 1.50 bits per heavy atom. The number of quaternary nitrogens is 1. The second-order valence-corrected chi connectivity index (χ2v) is 3.28. The SMILES string of the molecule is C=CC(O)C[N+](C)(C)C.[Cl-]. The van der Waals surface area contributed by atoms with Gasteiger partial charge in [-0.05, 0) is 0 Å². The average molecular weight is 166 g/mol. The number of hydrogen-bond acceptors (Lipinski definition) is 1. The van der Waals surface area contributed by atoms with E-state index >= 15 is 0 Å². The summed E-state index contributed by atoms with van der Waals surface area (Å²) in [5.41, 5.74) is 0. The largest absolute Gasteiger partial charge is 1.00 e. The fraction of sp³-hybridized carbons (Fsp3) is 0.714. The maximum atomic E-state index is 9.06. The Morgan fingerprint density at radius 3 is 2.00 bits per heavy atom. The quantitative estimate of drug-likeness (QED) is 0.355. The lowest BCUT2D eigenvalue weighted by molar-refractivity contribution is -0.872. The molecule has 0 bridgehead atoms. The molecule has 2 nitrogen and oxygen atoms in total. The van der Waals surface area contributed by atoms with Gasteiger partial charge in [0.1, 0.15) is 12.6 Å². The summed E-state index contributed by atoms with van der Waals surface area (Å²) in [4.78, 5) is 0. The molecule has 0 aromatic carbocycles. The van der Waals surface area contributed by atoms with Crippen LogP contribution in [0, 0.1) is 0 Å². The summed E-state index contributed by atoms with van der Waals surface area (Å²) in [6.07, 6.45) is 1.19. The summed E-state index contributed by atoms with van der Waals surface area (Å²) in [7, 11) is 6.10. The van der Waals surface area contributed by atoms with Crippen molar-refractivity contribution in [2.75, 3.05) is 27.7 Å². The van der Waals surface area contributed by atoms with Crippen molar-refractivity contribution in [3.63, 3.8) is 0 Å². The maximum absolute atomic E-state index is 9.06. The zero-order valence-corrected chi connectivity index (χ0v) is 7.60. The Morgan fingerprint density at radius 2 is 1.90 bits per heavy atom. The van der Waals surface area contributed by atoms with Gasteiger partial charge in [0.2, 0.25) is 0 Å². The number of likely N-dealkylation sites (N-methyl/N-ethyl adjacent to an activating group) is 1. The molecule has 0 aromatic rings. The van der Waals surface area contributed by atoms with Crippen LogP contribution in [0.4, 0.5) is 0 Å². The van der Waals surface area contributed by atoms with Gasteiger partial charge >= 0.3 is 0 Å². The van der Waals surface area contributed by atoms with Gasteiger partial charge in [0.25, 0.3) is 0 Å². The van der Waals surface area contributed by atoms with Gasteiger partial charge in [0.05, 0.1) is 21.1 Å². The van der Waals surface area contributed by atoms with Crippen molar-refractivity contribution in [3.8, 4) is 0 Å². The van der Waals surface area contributed by atoms with Crippen LogP contribution in [-0.4, -0.2) is 43.4 Å². The van der Waals surface area contributed by atoms with Crippen LogP contribution in [0.5, 0.6) is 0 Å². The molecule has 0 aromatic heterocycles. The van der Waals surface area contributed by atoms with E-state index in [2.05, 4.69) is 6.58 Å². The van der Waals surface area contributed by atoms with Gasteiger partial charge in [-0.15, -0.1) is 6.58 Å². The number of nitrogens with zero attached hydrogens (tertiary/aromatic N) is 1. The van der Waals surface area contributed by atoms with Gasteiger partial charge in [-0.2, -0.15) is 0 Å². The Bertz CT molecular complexity index is 98.3. The topological polar surface area (TPSA) is 20.2 Å². The third-order valence-corrected chi connectivity index (χ3v) is 1.01. The van der Waals surface area contributed by atoms with E-state index in [1.54, 1.807) is 6.08 Å². The van der Waals surface area contributed by atoms with E-state index in [4.69, 9.17) is 5.11 Å². The first kappa shape index (κ1) is 12.6. The molecule has 0 heterocycles. The van der Waals surface area contributed by atoms with Gasteiger partial charge in [0.15, 0.2) is 0 Å². The van der Waals surface area contributed by atoms with Crippen LogP contribution in [0.25, 0.3) is 0 Å². The highest BCUT2D eigenvalue weighted by molar-refractivity contribution is 4.76. The standard InChI is InChI=1S/C7H16NO.ClH/c1-5-7(9)6-8(2,3)4;/h5,7,9H,1,6H2,2-4H3;1H/q+1;/p-1. The normalized spacial score (nSPS) is 13.6. The molecule has 10 heavy (non-hydrogen) atoms. The van der Waals surface area contributed by atoms with Crippen molar-refractivity contribution in [2.45, 2.75) is 6.10 Å². The first-order chi connectivity index (χ1) is 3.95. The highest BCUT2D eigenvalue weighted by atomic mass is 35.5. The highest BCUT2D eigenvalue weighted by Gasteiger charge is 2.10. The van der Waals surface area contributed by atoms with Crippen LogP contribution >= 0.6 is 0 Å². The Balaban J connectivity index is 0. The lowest BCUT2D eigenvalue weighted by atomic mass is 10.3. The maximum Gasteiger partial charge on any atom is 0.121 e. The van der Waals surface area contributed by atoms with E-state index < -0.39 is 0 Å². The summed E-state index contributed by atoms with van der Waals surface area (Å²) in [6.45, 7) is 4.21. The zero-order chi connectivity index (χ0) is 7.49. The summed E-state index contributed by atoms with van der Waals surface area (Å²) in [5, 5.41) is 9.06. The predicted octanol–water partition coefficient (Wildman–Crippen LogP) is -2.76. The molecule has 1 atom stereocenters. The van der Waals surface area contributed by atoms with Crippen LogP contribution in [-0.2, 0) is 0 Å². The Kier molecular flexibility index (Phi) is 5.95. The fourth-order valence-electron chi connectivity index (χ4n) is 0.636. The summed E-state index contributed by atoms with van der Waals surface area (Å²) in [6, 6.07) is 0. The van der Waals surface area contributed by atoms with Crippen LogP contribution in [0.2, 0.25) is 0 Å². The van der Waals surface area contributed by atoms with Crippen molar-refractivity contribution in [2.24, 2.45) is 0 Å². The molecule has 1 N–H and O–H groups in total. The van der Waals surface area contributed by atoms with E-state index in [1.165, 1.54) is 0 Å². The number of halogens is 1. The number of aliphatic hydroxyl groups excluding tert-OH is 1. The molecule has 0 spiro atoms. The summed E-state index contributed by atoms with van der Waals surface area (Å²) < 4.78 is 0.771. The molecule has 0 aliphatic heterocycles. The monoisotopic (exact) mass is 165 g/mol. The average Bonchev–Trinajstić information content (AvgIpc) is 1.62. The van der Waals surface area contributed by atoms with Gasteiger partial charge in [-0.3, -0.25) is 0 Å². The lowest BCUT2D eigenvalue weighted by Crippen LogP contribution is -3.00. The Labute approximate surface area is 69.2 Å². The molecule has 0 rings (SSSR count). The van der Waals surface area contributed by atoms with E-state index in [1.807, 2.05) is 21.1 Å². The number of rotatable bonds is 3. The van der Waals surface area contributed by atoms with Crippen LogP contribution in [0.3, 0.4) is 0 Å². The van der Waals surface area contributed by atoms with Crippen molar-refractivity contribution >= 4 is 0 Å². The molecule has 0 radical (unpaired) electrons. The third kappa shape index (κ3) is 7.95. The van der Waals surface area contributed by atoms with Crippen LogP contribution < -0.4 is 12.4 Å². The lowest BCUT2D eigenvalue weighted by Gasteiger charge is -2.25. The minimum absolute atomic E-state index is 0. The first-order valence-corrected chi connectivity index (χ1v) is 3.07. The third-order valence-electron chi connectivity index (χ3n) is 1.01. The number of hydrogen-bond donors (Lipinski definition) is 1. The van der Waals surface area contributed by atoms with Gasteiger partial charge in [-0.25, -0.2) is 0 Å². The molecule has 0 fully saturated rings. The summed E-state index contributed by atoms with van der Waals surface area (Å²) >= 11 is 0. The van der Waals surface area contributed by atoms with Crippen molar-refractivity contribution in [1.82, 2.24) is 0 Å². The number of aliphatic hydroxyl groups is 1. The van der Waals surface area contributed by atoms with Gasteiger partial charge in [0, 0.05) is 0 Å². The second kappa shape index (κ2) is 4.72. The Hall–Kier alpha value is -0.0500. The molecule has 1 unspecified atom stereocenters. The smallest absolute Gasteiger partial charge is 0.121 e. The molecular weight excluding hydrogens is 150 g/mol. The van der Waals surface area contributed by atoms with E-state index in [0.29, 0.717) is 0 Å². The zero-order valence-electron chi connectivity index (χ0n) is 6.84. The summed E-state index contributed by atoms with van der Waals surface area (Å²) in [5.74, 6) is 0. The predicted molar refractivity (Wildman–Crippen MR) is 39.1 cm³/mol. The van der Waals surface area contributed by atoms with E-state index in [0.717, 1.165) is 11.0 Å². The minimum Gasteiger partial charge on any atom is -1.00 e. The molecular formula is C7H16ClNO. The minimum atomic E-state index is -0.370. The molecule has 0 saturated carbocycles. The molecule has 62 valence electrons. The molecule has 0 aliphatic rings. The van der Waals surface area contributed by atoms with Gasteiger partial charge in [-0.1, -0.05) is 6.08 Å². The van der Waals surface area contributed by atoms with Crippen molar-refractivity contribution in [3.05, 3.63) is 12.7 Å². The van der Waals surface area contributed by atoms with E-state index in [9.17, 15) is 0 Å². The van der Waals surface area contributed by atoms with Gasteiger partial charge < -0.3 is 22.0 Å². The second-order valence-electron chi connectivity index (χ2n) is 3.28. The molecule has 0 aliphatic carbocycles. The fourth-order valence-corrected chi connectivity index (χ4v) is 0.636. The van der Waals surface area contributed by atoms with Crippen molar-refractivity contribution in [1.29, 1.82) is 0 Å². The molecule has 0 saturated heterocycles. The van der Waals surface area contributed by atoms with Crippen LogP contribution in [0.1, 0.15) is 0 Å². The van der Waals surface area contributed by atoms with E-state index in [-0.39, 0.29) is 18.5 Å². The molecule has 3 heteroatoms. The van der Waals surface area contributed by atoms with Crippen LogP contribution in [0.15, 0.2) is 12.7 Å². The highest BCUT2D eigenvalue weighted by Crippen LogP contribution is 1.94. The van der Waals surface area contributed by atoms with Crippen molar-refractivity contribution < 1.29 is 22.0 Å². The molecule has 0 amide bonds.